The minimum Gasteiger partial charge on any atom is -0.444 e. The molecule has 1 amide bonds. The van der Waals surface area contributed by atoms with Gasteiger partial charge in [0.05, 0.1) is 11.4 Å². The van der Waals surface area contributed by atoms with Crippen molar-refractivity contribution in [3.63, 3.8) is 0 Å². The Morgan fingerprint density at radius 1 is 1.43 bits per heavy atom. The Balaban J connectivity index is 1.73. The lowest BCUT2D eigenvalue weighted by Crippen LogP contribution is -2.45. The molecule has 0 saturated carbocycles. The fraction of sp³-hybridized carbons (Fsp3) is 0.647. The minimum atomic E-state index is -0.463. The lowest BCUT2D eigenvalue weighted by molar-refractivity contribution is 0.0166. The van der Waals surface area contributed by atoms with Crippen LogP contribution in [0.3, 0.4) is 0 Å². The quantitative estimate of drug-likeness (QED) is 0.838. The lowest BCUT2D eigenvalue weighted by Gasteiger charge is -2.34. The van der Waals surface area contributed by atoms with Gasteiger partial charge in [-0.2, -0.15) is 0 Å². The number of hydrogen-bond acceptors (Lipinski definition) is 5. The highest BCUT2D eigenvalue weighted by Crippen LogP contribution is 2.19. The highest BCUT2D eigenvalue weighted by Gasteiger charge is 2.27. The monoisotopic (exact) mass is 338 g/mol. The van der Waals surface area contributed by atoms with Gasteiger partial charge in [-0.3, -0.25) is 4.79 Å². The van der Waals surface area contributed by atoms with E-state index in [-0.39, 0.29) is 11.9 Å². The summed E-state index contributed by atoms with van der Waals surface area (Å²) in [5, 5.41) is 5.14. The Kier molecular flexibility index (Phi) is 6.18. The molecule has 0 aliphatic carbocycles. The molecule has 5 nitrogen and oxygen atoms in total. The maximum Gasteiger partial charge on any atom is 0.410 e. The summed E-state index contributed by atoms with van der Waals surface area (Å²) in [6, 6.07) is 3.73. The van der Waals surface area contributed by atoms with Crippen molar-refractivity contribution in [2.45, 2.75) is 39.2 Å². The van der Waals surface area contributed by atoms with Gasteiger partial charge in [-0.15, -0.1) is 11.3 Å². The fourth-order valence-electron chi connectivity index (χ4n) is 2.64. The van der Waals surface area contributed by atoms with Crippen LogP contribution in [-0.4, -0.2) is 48.6 Å². The smallest absolute Gasteiger partial charge is 0.410 e. The predicted molar refractivity (Wildman–Crippen MR) is 92.1 cm³/mol. The van der Waals surface area contributed by atoms with E-state index < -0.39 is 5.60 Å². The van der Waals surface area contributed by atoms with Crippen molar-refractivity contribution in [3.8, 4) is 0 Å². The van der Waals surface area contributed by atoms with Crippen molar-refractivity contribution in [1.82, 2.24) is 10.2 Å². The molecule has 0 aromatic carbocycles. The second-order valence-corrected chi connectivity index (χ2v) is 7.91. The number of ether oxygens (including phenoxy) is 1. The van der Waals surface area contributed by atoms with Crippen LogP contribution in [0.4, 0.5) is 4.79 Å². The van der Waals surface area contributed by atoms with E-state index in [0.29, 0.717) is 19.0 Å². The van der Waals surface area contributed by atoms with E-state index in [1.54, 1.807) is 4.90 Å². The van der Waals surface area contributed by atoms with Crippen LogP contribution >= 0.6 is 11.3 Å². The first-order chi connectivity index (χ1) is 10.8. The largest absolute Gasteiger partial charge is 0.444 e. The number of carbonyl (C=O) groups excluding carboxylic acids is 2. The molecule has 0 spiro atoms. The number of amides is 1. The summed E-state index contributed by atoms with van der Waals surface area (Å²) in [5.41, 5.74) is -0.463. The molecule has 6 heteroatoms. The molecule has 1 saturated heterocycles. The molecule has 23 heavy (non-hydrogen) atoms. The van der Waals surface area contributed by atoms with Gasteiger partial charge in [-0.25, -0.2) is 4.79 Å². The highest BCUT2D eigenvalue weighted by atomic mass is 32.1. The average Bonchev–Trinajstić information content (AvgIpc) is 3.00. The fourth-order valence-corrected chi connectivity index (χ4v) is 3.30. The van der Waals surface area contributed by atoms with Gasteiger partial charge in [0.1, 0.15) is 5.60 Å². The van der Waals surface area contributed by atoms with Crippen molar-refractivity contribution in [1.29, 1.82) is 0 Å². The molecule has 128 valence electrons. The van der Waals surface area contributed by atoms with E-state index in [4.69, 9.17) is 4.74 Å². The number of nitrogens with one attached hydrogen (secondary N) is 1. The Morgan fingerprint density at radius 3 is 2.87 bits per heavy atom. The summed E-state index contributed by atoms with van der Waals surface area (Å²) in [4.78, 5) is 26.6. The average molecular weight is 338 g/mol. The molecule has 1 aliphatic rings. The van der Waals surface area contributed by atoms with Crippen molar-refractivity contribution in [2.24, 2.45) is 5.92 Å². The van der Waals surface area contributed by atoms with E-state index in [0.717, 1.165) is 30.8 Å². The number of hydrogen-bond donors (Lipinski definition) is 1. The summed E-state index contributed by atoms with van der Waals surface area (Å²) in [7, 11) is 0. The maximum atomic E-state index is 12.1. The second-order valence-electron chi connectivity index (χ2n) is 6.97. The topological polar surface area (TPSA) is 58.6 Å². The molecule has 2 heterocycles. The standard InChI is InChI=1S/C17H26N2O3S/c1-17(2,3)22-16(21)19-8-4-6-13(12-19)10-18-11-14(20)15-7-5-9-23-15/h5,7,9,13,18H,4,6,8,10-12H2,1-3H3/t13-/m1/s1. The van der Waals surface area contributed by atoms with E-state index >= 15 is 0 Å². The molecule has 1 aromatic rings. The molecule has 2 rings (SSSR count). The number of piperidine rings is 1. The lowest BCUT2D eigenvalue weighted by atomic mass is 9.98. The Labute approximate surface area is 142 Å². The van der Waals surface area contributed by atoms with Crippen LogP contribution in [0.1, 0.15) is 43.3 Å². The number of Topliss-reactive ketones (excluding diaryl/α,β-unsaturated/α-hetero) is 1. The number of likely N-dealkylation sites (tertiary alicyclic amines) is 1. The molecule has 0 radical (unpaired) electrons. The first-order valence-electron chi connectivity index (χ1n) is 8.10. The molecule has 1 atom stereocenters. The second kappa shape index (κ2) is 7.93. The molecule has 0 unspecified atom stereocenters. The zero-order valence-corrected chi connectivity index (χ0v) is 14.9. The van der Waals surface area contributed by atoms with E-state index in [2.05, 4.69) is 5.32 Å². The summed E-state index contributed by atoms with van der Waals surface area (Å²) in [6.45, 7) is 8.17. The maximum absolute atomic E-state index is 12.1. The van der Waals surface area contributed by atoms with Gasteiger partial charge >= 0.3 is 6.09 Å². The normalized spacial score (nSPS) is 18.7. The van der Waals surface area contributed by atoms with Gasteiger partial charge in [0, 0.05) is 19.6 Å². The Bertz CT molecular complexity index is 522. The predicted octanol–water partition coefficient (Wildman–Crippen LogP) is 3.17. The molecule has 1 aromatic heterocycles. The van der Waals surface area contributed by atoms with Gasteiger partial charge in [0.2, 0.25) is 0 Å². The Hall–Kier alpha value is -1.40. The summed E-state index contributed by atoms with van der Waals surface area (Å²) >= 11 is 1.47. The zero-order valence-electron chi connectivity index (χ0n) is 14.1. The van der Waals surface area contributed by atoms with Crippen LogP contribution in [-0.2, 0) is 4.74 Å². The summed E-state index contributed by atoms with van der Waals surface area (Å²) in [6.07, 6.45) is 1.81. The van der Waals surface area contributed by atoms with Crippen LogP contribution in [0, 0.1) is 5.92 Å². The van der Waals surface area contributed by atoms with Gasteiger partial charge in [0.25, 0.3) is 0 Å². The van der Waals surface area contributed by atoms with Gasteiger partial charge in [-0.1, -0.05) is 6.07 Å². The van der Waals surface area contributed by atoms with Crippen molar-refractivity contribution >= 4 is 23.2 Å². The van der Waals surface area contributed by atoms with Crippen molar-refractivity contribution in [3.05, 3.63) is 22.4 Å². The molecule has 0 bridgehead atoms. The number of ketones is 1. The van der Waals surface area contributed by atoms with Crippen LogP contribution in [0.5, 0.6) is 0 Å². The third-order valence-electron chi connectivity index (χ3n) is 3.69. The van der Waals surface area contributed by atoms with Gasteiger partial charge in [-0.05, 0) is 51.0 Å². The Morgan fingerprint density at radius 2 is 2.22 bits per heavy atom. The van der Waals surface area contributed by atoms with E-state index in [1.807, 2.05) is 38.3 Å². The van der Waals surface area contributed by atoms with Gasteiger partial charge < -0.3 is 15.0 Å². The molecule has 1 aliphatic heterocycles. The van der Waals surface area contributed by atoms with E-state index in [1.165, 1.54) is 11.3 Å². The molecular formula is C17H26N2O3S. The van der Waals surface area contributed by atoms with Crippen LogP contribution in [0.2, 0.25) is 0 Å². The summed E-state index contributed by atoms with van der Waals surface area (Å²) in [5.74, 6) is 0.493. The van der Waals surface area contributed by atoms with Crippen LogP contribution < -0.4 is 5.32 Å². The highest BCUT2D eigenvalue weighted by molar-refractivity contribution is 7.12. The molecular weight excluding hydrogens is 312 g/mol. The first kappa shape index (κ1) is 17.9. The van der Waals surface area contributed by atoms with Gasteiger partial charge in [0.15, 0.2) is 5.78 Å². The zero-order chi connectivity index (χ0) is 16.9. The number of rotatable bonds is 5. The van der Waals surface area contributed by atoms with Crippen LogP contribution in [0.15, 0.2) is 17.5 Å². The van der Waals surface area contributed by atoms with Crippen molar-refractivity contribution < 1.29 is 14.3 Å². The minimum absolute atomic E-state index is 0.125. The third-order valence-corrected chi connectivity index (χ3v) is 4.60. The number of thiophene rings is 1. The number of nitrogens with zero attached hydrogens (tertiary/aromatic N) is 1. The SMILES string of the molecule is CC(C)(C)OC(=O)N1CCC[C@H](CNCC(=O)c2cccs2)C1. The van der Waals surface area contributed by atoms with E-state index in [9.17, 15) is 9.59 Å². The third kappa shape index (κ3) is 5.95. The molecule has 1 N–H and O–H groups in total. The summed E-state index contributed by atoms with van der Waals surface area (Å²) < 4.78 is 5.43. The first-order valence-corrected chi connectivity index (χ1v) is 8.98. The number of carbonyl (C=O) groups is 2. The molecule has 1 fully saturated rings. The van der Waals surface area contributed by atoms with Crippen molar-refractivity contribution in [2.75, 3.05) is 26.2 Å². The van der Waals surface area contributed by atoms with Crippen LogP contribution in [0.25, 0.3) is 0 Å².